The van der Waals surface area contributed by atoms with Gasteiger partial charge >= 0.3 is 0 Å². The predicted octanol–water partition coefficient (Wildman–Crippen LogP) is 20.9. The molecule has 5 aromatic carbocycles. The SMILES string of the molecule is CCCCCCCCc1cc(-c2cc(-c3cc(CCCCCCCC)c(-c4ccc(-c5ccc(C)cc5)cc4)cc3CCCCCCCC)nc(-c3ccc(C#N)cc3)n2)c(CCCCCCCC)cc1C. The molecular weight excluding hydrogens is 871 g/mol. The first kappa shape index (κ1) is 56.0. The molecule has 0 spiro atoms. The lowest BCUT2D eigenvalue weighted by molar-refractivity contribution is 0.605. The number of nitriles is 1. The number of nitrogens with zero attached hydrogens (tertiary/aromatic N) is 3. The van der Waals surface area contributed by atoms with Crippen molar-refractivity contribution in [2.24, 2.45) is 0 Å². The highest BCUT2D eigenvalue weighted by Crippen LogP contribution is 2.38. The fourth-order valence-corrected chi connectivity index (χ4v) is 10.7. The Bertz CT molecular complexity index is 2540. The Morgan fingerprint density at radius 1 is 0.347 bits per heavy atom. The van der Waals surface area contributed by atoms with Crippen molar-refractivity contribution < 1.29 is 0 Å². The average molecular weight is 963 g/mol. The minimum Gasteiger partial charge on any atom is -0.228 e. The molecule has 3 heteroatoms. The third kappa shape index (κ3) is 17.4. The zero-order valence-electron chi connectivity index (χ0n) is 46.0. The Balaban J connectivity index is 1.51. The second-order valence-corrected chi connectivity index (χ2v) is 21.3. The Hall–Kier alpha value is -5.33. The number of aromatic nitrogens is 2. The molecule has 0 aliphatic carbocycles. The molecule has 0 unspecified atom stereocenters. The minimum absolute atomic E-state index is 0.650. The second-order valence-electron chi connectivity index (χ2n) is 21.3. The van der Waals surface area contributed by atoms with Crippen molar-refractivity contribution in [3.8, 4) is 62.2 Å². The van der Waals surface area contributed by atoms with Crippen molar-refractivity contribution in [1.82, 2.24) is 9.97 Å². The van der Waals surface area contributed by atoms with Crippen LogP contribution in [0.3, 0.4) is 0 Å². The zero-order valence-corrected chi connectivity index (χ0v) is 46.0. The molecule has 0 radical (unpaired) electrons. The molecule has 382 valence electrons. The van der Waals surface area contributed by atoms with Gasteiger partial charge in [-0.1, -0.05) is 222 Å². The van der Waals surface area contributed by atoms with E-state index < -0.39 is 0 Å². The summed E-state index contributed by atoms with van der Waals surface area (Å²) in [5.74, 6) is 0.731. The molecule has 0 atom stereocenters. The summed E-state index contributed by atoms with van der Waals surface area (Å²) in [7, 11) is 0. The molecule has 0 N–H and O–H groups in total. The monoisotopic (exact) mass is 962 g/mol. The summed E-state index contributed by atoms with van der Waals surface area (Å²) < 4.78 is 0. The standard InChI is InChI=1S/C69H91N3/c1-7-11-15-19-23-27-31-60-48-65(61(47-54(60)6)32-28-24-20-16-12-8-2)67-51-68(72-69(71-67)59-41-37-55(52-70)38-42-59)66-50-62(33-29-25-21-17-13-9-3)64(49-63(66)34-30-26-22-18-14-10-4)58-45-43-57(44-46-58)56-39-35-53(5)36-40-56/h35-51H,7-34H2,1-6H3. The molecule has 6 aromatic rings. The summed E-state index contributed by atoms with van der Waals surface area (Å²) in [5.41, 5.74) is 19.7. The van der Waals surface area contributed by atoms with Crippen LogP contribution in [0.25, 0.3) is 56.2 Å². The number of hydrogen-bond donors (Lipinski definition) is 0. The molecule has 6 rings (SSSR count). The third-order valence-electron chi connectivity index (χ3n) is 15.2. The smallest absolute Gasteiger partial charge is 0.160 e. The summed E-state index contributed by atoms with van der Waals surface area (Å²) in [6, 6.07) is 41.0. The lowest BCUT2D eigenvalue weighted by atomic mass is 9.87. The van der Waals surface area contributed by atoms with Gasteiger partial charge in [-0.2, -0.15) is 5.26 Å². The van der Waals surface area contributed by atoms with Crippen LogP contribution in [0.2, 0.25) is 0 Å². The first-order valence-corrected chi connectivity index (χ1v) is 29.2. The molecular formula is C69H91N3. The third-order valence-corrected chi connectivity index (χ3v) is 15.2. The molecule has 1 aromatic heterocycles. The largest absolute Gasteiger partial charge is 0.228 e. The Morgan fingerprint density at radius 3 is 1.15 bits per heavy atom. The topological polar surface area (TPSA) is 49.6 Å². The van der Waals surface area contributed by atoms with Crippen LogP contribution in [-0.4, -0.2) is 9.97 Å². The van der Waals surface area contributed by atoms with E-state index in [4.69, 9.17) is 9.97 Å². The first-order valence-electron chi connectivity index (χ1n) is 29.2. The fourth-order valence-electron chi connectivity index (χ4n) is 10.7. The van der Waals surface area contributed by atoms with E-state index in [1.54, 1.807) is 0 Å². The molecule has 0 amide bonds. The van der Waals surface area contributed by atoms with Crippen molar-refractivity contribution in [3.05, 3.63) is 142 Å². The van der Waals surface area contributed by atoms with Crippen LogP contribution in [0.4, 0.5) is 0 Å². The maximum absolute atomic E-state index is 9.81. The van der Waals surface area contributed by atoms with Crippen molar-refractivity contribution in [1.29, 1.82) is 5.26 Å². The highest BCUT2D eigenvalue weighted by atomic mass is 14.9. The Kier molecular flexibility index (Phi) is 24.3. The summed E-state index contributed by atoms with van der Waals surface area (Å²) in [6.45, 7) is 13.7. The van der Waals surface area contributed by atoms with Crippen molar-refractivity contribution >= 4 is 0 Å². The maximum Gasteiger partial charge on any atom is 0.160 e. The van der Waals surface area contributed by atoms with Crippen molar-refractivity contribution in [2.45, 2.75) is 221 Å². The maximum atomic E-state index is 9.81. The van der Waals surface area contributed by atoms with E-state index in [1.807, 2.05) is 24.3 Å². The molecule has 0 saturated carbocycles. The normalized spacial score (nSPS) is 11.3. The van der Waals surface area contributed by atoms with Crippen LogP contribution in [-0.2, 0) is 25.7 Å². The van der Waals surface area contributed by atoms with Crippen LogP contribution in [0.5, 0.6) is 0 Å². The van der Waals surface area contributed by atoms with Crippen LogP contribution in [0, 0.1) is 25.2 Å². The summed E-state index contributed by atoms with van der Waals surface area (Å²) in [6.07, 6.45) is 34.8. The highest BCUT2D eigenvalue weighted by Gasteiger charge is 2.20. The fraction of sp³-hybridized carbons (Fsp3) is 0.493. The van der Waals surface area contributed by atoms with Gasteiger partial charge in [0.05, 0.1) is 23.0 Å². The summed E-state index contributed by atoms with van der Waals surface area (Å²) in [5, 5.41) is 9.81. The van der Waals surface area contributed by atoms with Crippen molar-refractivity contribution in [3.63, 3.8) is 0 Å². The molecule has 0 aliphatic rings. The lowest BCUT2D eigenvalue weighted by Crippen LogP contribution is -2.03. The van der Waals surface area contributed by atoms with Gasteiger partial charge in [0, 0.05) is 16.7 Å². The van der Waals surface area contributed by atoms with Gasteiger partial charge in [0.2, 0.25) is 0 Å². The Morgan fingerprint density at radius 2 is 0.694 bits per heavy atom. The van der Waals surface area contributed by atoms with Gasteiger partial charge in [-0.3, -0.25) is 0 Å². The number of benzene rings is 5. The molecule has 72 heavy (non-hydrogen) atoms. The molecule has 1 heterocycles. The van der Waals surface area contributed by atoms with Gasteiger partial charge in [0.1, 0.15) is 0 Å². The lowest BCUT2D eigenvalue weighted by Gasteiger charge is -2.20. The quantitative estimate of drug-likeness (QED) is 0.0386. The van der Waals surface area contributed by atoms with E-state index in [0.29, 0.717) is 5.56 Å². The van der Waals surface area contributed by atoms with Gasteiger partial charge in [-0.05, 0) is 158 Å². The summed E-state index contributed by atoms with van der Waals surface area (Å²) in [4.78, 5) is 11.1. The van der Waals surface area contributed by atoms with E-state index in [1.165, 1.54) is 214 Å². The van der Waals surface area contributed by atoms with Crippen molar-refractivity contribution in [2.75, 3.05) is 0 Å². The number of unbranched alkanes of at least 4 members (excludes halogenated alkanes) is 20. The first-order chi connectivity index (χ1) is 35.3. The molecule has 0 aliphatic heterocycles. The number of aryl methyl sites for hydroxylation is 6. The minimum atomic E-state index is 0.650. The van der Waals surface area contributed by atoms with Crippen LogP contribution >= 0.6 is 0 Å². The van der Waals surface area contributed by atoms with E-state index in [0.717, 1.165) is 54.9 Å². The van der Waals surface area contributed by atoms with Gasteiger partial charge in [-0.25, -0.2) is 9.97 Å². The zero-order chi connectivity index (χ0) is 50.8. The van der Waals surface area contributed by atoms with Gasteiger partial charge in [-0.15, -0.1) is 0 Å². The highest BCUT2D eigenvalue weighted by molar-refractivity contribution is 5.80. The van der Waals surface area contributed by atoms with E-state index in [-0.39, 0.29) is 0 Å². The van der Waals surface area contributed by atoms with E-state index >= 15 is 0 Å². The second kappa shape index (κ2) is 31.3. The molecule has 0 saturated heterocycles. The summed E-state index contributed by atoms with van der Waals surface area (Å²) >= 11 is 0. The molecule has 3 nitrogen and oxygen atoms in total. The predicted molar refractivity (Wildman–Crippen MR) is 312 cm³/mol. The van der Waals surface area contributed by atoms with E-state index in [9.17, 15) is 5.26 Å². The van der Waals surface area contributed by atoms with Crippen LogP contribution in [0.1, 0.15) is 221 Å². The number of rotatable bonds is 33. The number of hydrogen-bond acceptors (Lipinski definition) is 3. The average Bonchev–Trinajstić information content (AvgIpc) is 3.41. The Labute approximate surface area is 438 Å². The molecule has 0 bridgehead atoms. The van der Waals surface area contributed by atoms with Crippen LogP contribution in [0.15, 0.2) is 103 Å². The van der Waals surface area contributed by atoms with Gasteiger partial charge in [0.25, 0.3) is 0 Å². The van der Waals surface area contributed by atoms with E-state index in [2.05, 4.69) is 126 Å². The molecule has 0 fully saturated rings. The van der Waals surface area contributed by atoms with Gasteiger partial charge in [0.15, 0.2) is 5.82 Å². The van der Waals surface area contributed by atoms with Crippen LogP contribution < -0.4 is 0 Å². The van der Waals surface area contributed by atoms with Gasteiger partial charge < -0.3 is 0 Å².